The first-order chi connectivity index (χ1) is 8.04. The van der Waals surface area contributed by atoms with E-state index in [0.717, 1.165) is 31.5 Å². The van der Waals surface area contributed by atoms with E-state index in [1.54, 1.807) is 0 Å². The van der Waals surface area contributed by atoms with Crippen LogP contribution in [-0.4, -0.2) is 12.6 Å². The summed E-state index contributed by atoms with van der Waals surface area (Å²) in [7, 11) is 0. The highest BCUT2D eigenvalue weighted by Gasteiger charge is 2.11. The molecule has 1 rings (SSSR count). The van der Waals surface area contributed by atoms with Crippen molar-refractivity contribution in [3.8, 4) is 0 Å². The summed E-state index contributed by atoms with van der Waals surface area (Å²) in [5.41, 5.74) is 0.492. The minimum absolute atomic E-state index is 0.283. The van der Waals surface area contributed by atoms with E-state index in [4.69, 9.17) is 0 Å². The van der Waals surface area contributed by atoms with Gasteiger partial charge in [-0.2, -0.15) is 0 Å². The van der Waals surface area contributed by atoms with Crippen LogP contribution in [0.15, 0.2) is 12.1 Å². The number of hydrogen-bond acceptors (Lipinski definition) is 1. The van der Waals surface area contributed by atoms with Crippen LogP contribution in [0.3, 0.4) is 0 Å². The third-order valence-electron chi connectivity index (χ3n) is 2.65. The summed E-state index contributed by atoms with van der Waals surface area (Å²) < 4.78 is 38.6. The molecule has 0 aliphatic rings. The predicted molar refractivity (Wildman–Crippen MR) is 62.4 cm³/mol. The first kappa shape index (κ1) is 14.0. The van der Waals surface area contributed by atoms with Crippen LogP contribution in [0, 0.1) is 17.5 Å². The minimum atomic E-state index is -1.40. The maximum Gasteiger partial charge on any atom is 0.194 e. The van der Waals surface area contributed by atoms with Crippen molar-refractivity contribution >= 4 is 0 Å². The van der Waals surface area contributed by atoms with Crippen LogP contribution in [0.5, 0.6) is 0 Å². The van der Waals surface area contributed by atoms with Gasteiger partial charge in [0.05, 0.1) is 0 Å². The smallest absolute Gasteiger partial charge is 0.194 e. The van der Waals surface area contributed by atoms with E-state index in [9.17, 15) is 13.2 Å². The lowest BCUT2D eigenvalue weighted by Gasteiger charge is -2.13. The van der Waals surface area contributed by atoms with E-state index in [1.165, 1.54) is 0 Å². The molecule has 0 aliphatic heterocycles. The Bertz CT molecular complexity index is 343. The van der Waals surface area contributed by atoms with Gasteiger partial charge in [0, 0.05) is 6.04 Å². The van der Waals surface area contributed by atoms with Gasteiger partial charge in [-0.3, -0.25) is 0 Å². The molecule has 0 amide bonds. The molecule has 0 aliphatic carbocycles. The molecular formula is C13H18F3N. The van der Waals surface area contributed by atoms with Crippen molar-refractivity contribution in [3.63, 3.8) is 0 Å². The van der Waals surface area contributed by atoms with E-state index < -0.39 is 17.5 Å². The molecule has 0 saturated heterocycles. The Hall–Kier alpha value is -1.03. The second-order valence-electron chi connectivity index (χ2n) is 4.27. The lowest BCUT2D eigenvalue weighted by molar-refractivity contribution is 0.443. The van der Waals surface area contributed by atoms with E-state index >= 15 is 0 Å². The van der Waals surface area contributed by atoms with Gasteiger partial charge in [0.2, 0.25) is 0 Å². The fourth-order valence-electron chi connectivity index (χ4n) is 1.63. The first-order valence-corrected chi connectivity index (χ1v) is 5.91. The molecule has 0 saturated carbocycles. The summed E-state index contributed by atoms with van der Waals surface area (Å²) in [6.45, 7) is 5.02. The van der Waals surface area contributed by atoms with Gasteiger partial charge in [0.15, 0.2) is 17.5 Å². The molecule has 0 heterocycles. The molecular weight excluding hydrogens is 227 g/mol. The van der Waals surface area contributed by atoms with Crippen LogP contribution < -0.4 is 5.32 Å². The summed E-state index contributed by atoms with van der Waals surface area (Å²) in [6, 6.07) is 2.40. The zero-order chi connectivity index (χ0) is 12.8. The van der Waals surface area contributed by atoms with Crippen molar-refractivity contribution in [1.29, 1.82) is 0 Å². The lowest BCUT2D eigenvalue weighted by Crippen LogP contribution is -2.27. The molecule has 1 aromatic rings. The monoisotopic (exact) mass is 245 g/mol. The maximum absolute atomic E-state index is 12.9. The van der Waals surface area contributed by atoms with Crippen LogP contribution in [0.2, 0.25) is 0 Å². The second kappa shape index (κ2) is 6.64. The molecule has 1 atom stereocenters. The van der Waals surface area contributed by atoms with E-state index in [0.29, 0.717) is 12.0 Å². The van der Waals surface area contributed by atoms with Gasteiger partial charge in [-0.25, -0.2) is 13.2 Å². The van der Waals surface area contributed by atoms with Crippen molar-refractivity contribution in [2.75, 3.05) is 6.54 Å². The Labute approximate surface area is 100 Å². The summed E-state index contributed by atoms with van der Waals surface area (Å²) in [5.74, 6) is -3.63. The molecule has 0 spiro atoms. The van der Waals surface area contributed by atoms with Crippen LogP contribution in [-0.2, 0) is 6.42 Å². The van der Waals surface area contributed by atoms with E-state index in [2.05, 4.69) is 12.2 Å². The van der Waals surface area contributed by atoms with Gasteiger partial charge in [0.1, 0.15) is 0 Å². The van der Waals surface area contributed by atoms with E-state index in [-0.39, 0.29) is 6.04 Å². The third kappa shape index (κ3) is 4.38. The van der Waals surface area contributed by atoms with Gasteiger partial charge in [-0.15, -0.1) is 0 Å². The van der Waals surface area contributed by atoms with Gasteiger partial charge in [0.25, 0.3) is 0 Å². The summed E-state index contributed by atoms with van der Waals surface area (Å²) in [6.07, 6.45) is 2.35. The zero-order valence-electron chi connectivity index (χ0n) is 10.2. The predicted octanol–water partition coefficient (Wildman–Crippen LogP) is 3.42. The number of nitrogens with one attached hydrogen (secondary N) is 1. The number of rotatable bonds is 6. The van der Waals surface area contributed by atoms with Crippen LogP contribution in [0.25, 0.3) is 0 Å². The number of aryl methyl sites for hydroxylation is 1. The standard InChI is InChI=1S/C13H18F3N/c1-3-6-17-9(2)4-5-10-7-11(14)13(16)12(15)8-10/h7-9,17H,3-6H2,1-2H3. The van der Waals surface area contributed by atoms with Crippen LogP contribution >= 0.6 is 0 Å². The molecule has 1 unspecified atom stereocenters. The fourth-order valence-corrected chi connectivity index (χ4v) is 1.63. The fraction of sp³-hybridized carbons (Fsp3) is 0.538. The van der Waals surface area contributed by atoms with Gasteiger partial charge in [-0.1, -0.05) is 6.92 Å². The molecule has 0 fully saturated rings. The van der Waals surface area contributed by atoms with Crippen molar-refractivity contribution < 1.29 is 13.2 Å². The topological polar surface area (TPSA) is 12.0 Å². The first-order valence-electron chi connectivity index (χ1n) is 5.91. The Kier molecular flexibility index (Phi) is 5.48. The van der Waals surface area contributed by atoms with Crippen molar-refractivity contribution in [1.82, 2.24) is 5.32 Å². The number of benzene rings is 1. The highest BCUT2D eigenvalue weighted by molar-refractivity contribution is 5.19. The second-order valence-corrected chi connectivity index (χ2v) is 4.27. The molecule has 4 heteroatoms. The van der Waals surface area contributed by atoms with Crippen LogP contribution in [0.4, 0.5) is 13.2 Å². The third-order valence-corrected chi connectivity index (χ3v) is 2.65. The average molecular weight is 245 g/mol. The maximum atomic E-state index is 12.9. The van der Waals surface area contributed by atoms with Crippen molar-refractivity contribution in [2.45, 2.75) is 39.2 Å². The van der Waals surface area contributed by atoms with Gasteiger partial charge >= 0.3 is 0 Å². The summed E-state index contributed by atoms with van der Waals surface area (Å²) in [4.78, 5) is 0. The van der Waals surface area contributed by atoms with Crippen molar-refractivity contribution in [2.24, 2.45) is 0 Å². The quantitative estimate of drug-likeness (QED) is 0.757. The molecule has 0 aromatic heterocycles. The van der Waals surface area contributed by atoms with Crippen LogP contribution in [0.1, 0.15) is 32.3 Å². The molecule has 96 valence electrons. The Morgan fingerprint density at radius 3 is 2.29 bits per heavy atom. The average Bonchev–Trinajstić information content (AvgIpc) is 2.30. The largest absolute Gasteiger partial charge is 0.314 e. The zero-order valence-corrected chi connectivity index (χ0v) is 10.2. The Balaban J connectivity index is 2.52. The number of hydrogen-bond donors (Lipinski definition) is 1. The Morgan fingerprint density at radius 2 is 1.76 bits per heavy atom. The molecule has 0 bridgehead atoms. The van der Waals surface area contributed by atoms with Gasteiger partial charge in [-0.05, 0) is 50.4 Å². The molecule has 1 nitrogen and oxygen atoms in total. The summed E-state index contributed by atoms with van der Waals surface area (Å²) in [5, 5.41) is 3.28. The van der Waals surface area contributed by atoms with Gasteiger partial charge < -0.3 is 5.32 Å². The van der Waals surface area contributed by atoms with Crippen molar-refractivity contribution in [3.05, 3.63) is 35.1 Å². The lowest BCUT2D eigenvalue weighted by atomic mass is 10.1. The molecule has 17 heavy (non-hydrogen) atoms. The SMILES string of the molecule is CCCNC(C)CCc1cc(F)c(F)c(F)c1. The highest BCUT2D eigenvalue weighted by Crippen LogP contribution is 2.15. The molecule has 0 radical (unpaired) electrons. The Morgan fingerprint density at radius 1 is 1.18 bits per heavy atom. The number of halogens is 3. The van der Waals surface area contributed by atoms with E-state index in [1.807, 2.05) is 6.92 Å². The normalized spacial score (nSPS) is 12.8. The highest BCUT2D eigenvalue weighted by atomic mass is 19.2. The minimum Gasteiger partial charge on any atom is -0.314 e. The summed E-state index contributed by atoms with van der Waals surface area (Å²) >= 11 is 0. The molecule has 1 aromatic carbocycles. The molecule has 1 N–H and O–H groups in total.